The number of rotatable bonds is 23. The van der Waals surface area contributed by atoms with Crippen molar-refractivity contribution in [2.24, 2.45) is 56.2 Å². The lowest BCUT2D eigenvalue weighted by molar-refractivity contribution is -0.671. The normalized spacial score (nSPS) is 10.6. The first-order chi connectivity index (χ1) is 35.6. The number of pyridine rings is 3. The van der Waals surface area contributed by atoms with Crippen molar-refractivity contribution < 1.29 is 53.2 Å². The van der Waals surface area contributed by atoms with Gasteiger partial charge in [-0.2, -0.15) is 30.7 Å². The van der Waals surface area contributed by atoms with Gasteiger partial charge in [0.15, 0.2) is 37.2 Å². The van der Waals surface area contributed by atoms with Crippen LogP contribution in [0.3, 0.4) is 0 Å². The second-order valence-corrected chi connectivity index (χ2v) is 21.7. The molecule has 424 valence electrons. The van der Waals surface area contributed by atoms with Gasteiger partial charge in [-0.05, 0) is 72.8 Å². The number of anilines is 2. The van der Waals surface area contributed by atoms with Gasteiger partial charge in [-0.3, -0.25) is 8.37 Å². The first kappa shape index (κ1) is 73.4. The summed E-state index contributed by atoms with van der Waals surface area (Å²) in [6.45, 7) is 3.35. The molecule has 0 saturated heterocycles. The molecule has 6 aromatic rings. The number of nitrogens with two attached hydrogens (primary N) is 2. The zero-order valence-electron chi connectivity index (χ0n) is 41.4. The fourth-order valence-electron chi connectivity index (χ4n) is 4.66. The summed E-state index contributed by atoms with van der Waals surface area (Å²) in [4.78, 5) is 2.97. The topological polar surface area (TPSA) is 314 Å². The average Bonchev–Trinajstić information content (AvgIpc) is 3.41. The Morgan fingerprint density at radius 2 is 0.753 bits per heavy atom. The lowest BCUT2D eigenvalue weighted by Gasteiger charge is -2.07. The monoisotopic (exact) mass is 1180 g/mol. The Hall–Kier alpha value is -5.63. The van der Waals surface area contributed by atoms with E-state index in [0.29, 0.717) is 0 Å². The molecule has 0 spiro atoms. The maximum absolute atomic E-state index is 9.22. The summed E-state index contributed by atoms with van der Waals surface area (Å²) < 4.78 is 71.0. The SMILES string of the molecule is C.C.C.COS(=O)(=O)[O-].COS(=O)(=O)[O-].COc1ccc(N=Nc2cc[n+](C)cc2)cc1.C[n+]1ccc(N=Nc2ccc(NCCSSCCNc3ccc(N=Nc4cc[nH+]cc4)cc3)cc2)cc1.NCCSSCCN. The standard InChI is InChI=1S/C27H28N8S2.C13H14N3O.C4H12N2S2.2CH4O4S.3CH4/c1-35-18-12-27(13-19-35)34-32-25-8-4-23(5-9-25)30-17-21-37-36-20-16-29-22-2-6-24(7-3-22)31-33-26-10-14-28-15-11-26;1-16-9-7-12(8-10-16)15-14-11-3-5-13(17-2)6-4-11;5-1-3-7-8-4-2-6;2*1-5-6(2,3)4;;;/h2-15,18-19H,16-17,20-21H2,1H3,(H,28,29,33);3-10H,1-2H3;1-6H2;2*1H3,(H,2,3,4);3*1H4/q;+1;;;;;;. The van der Waals surface area contributed by atoms with Crippen LogP contribution in [0.15, 0.2) is 177 Å². The van der Waals surface area contributed by atoms with Crippen LogP contribution in [0, 0.1) is 0 Å². The van der Waals surface area contributed by atoms with Crippen molar-refractivity contribution in [2.75, 3.05) is 81.2 Å². The van der Waals surface area contributed by atoms with Crippen molar-refractivity contribution in [3.63, 3.8) is 0 Å². The van der Waals surface area contributed by atoms with Crippen LogP contribution in [0.5, 0.6) is 5.75 Å². The van der Waals surface area contributed by atoms with E-state index in [2.05, 4.69) is 54.7 Å². The molecule has 0 saturated carbocycles. The van der Waals surface area contributed by atoms with E-state index in [-0.39, 0.29) is 22.3 Å². The van der Waals surface area contributed by atoms with Gasteiger partial charge in [-0.15, -0.1) is 0 Å². The number of hydrogen-bond acceptors (Lipinski definition) is 23. The maximum atomic E-state index is 9.22. The van der Waals surface area contributed by atoms with Crippen LogP contribution in [0.4, 0.5) is 45.5 Å². The zero-order valence-corrected chi connectivity index (χ0v) is 46.3. The van der Waals surface area contributed by atoms with Crippen LogP contribution in [0.25, 0.3) is 0 Å². The van der Waals surface area contributed by atoms with Crippen LogP contribution >= 0.6 is 43.2 Å². The van der Waals surface area contributed by atoms with Gasteiger partial charge in [0.05, 0.1) is 55.5 Å². The number of aromatic nitrogens is 3. The number of H-pyrrole nitrogens is 1. The van der Waals surface area contributed by atoms with E-state index in [0.717, 1.165) is 115 Å². The highest BCUT2D eigenvalue weighted by Gasteiger charge is 2.00. The summed E-state index contributed by atoms with van der Waals surface area (Å²) in [5, 5.41) is 32.2. The fourth-order valence-corrected chi connectivity index (χ4v) is 8.18. The molecule has 3 aromatic heterocycles. The third-order valence-electron chi connectivity index (χ3n) is 8.28. The van der Waals surface area contributed by atoms with Crippen molar-refractivity contribution in [2.45, 2.75) is 22.3 Å². The van der Waals surface area contributed by atoms with Crippen molar-refractivity contribution in [3.8, 4) is 5.75 Å². The minimum atomic E-state index is -4.41. The molecular weight excluding hydrogens is 1110 g/mol. The molecule has 0 aliphatic carbocycles. The van der Waals surface area contributed by atoms with E-state index in [4.69, 9.17) is 16.2 Å². The van der Waals surface area contributed by atoms with E-state index in [9.17, 15) is 25.9 Å². The van der Waals surface area contributed by atoms with Crippen molar-refractivity contribution in [1.82, 2.24) is 0 Å². The van der Waals surface area contributed by atoms with Gasteiger partial charge in [0.2, 0.25) is 20.8 Å². The Kier molecular flexibility index (Phi) is 42.3. The summed E-state index contributed by atoms with van der Waals surface area (Å²) in [5.74, 6) is 4.93. The number of nitrogens with one attached hydrogen (secondary N) is 3. The van der Waals surface area contributed by atoms with Crippen LogP contribution in [-0.2, 0) is 43.3 Å². The molecule has 77 heavy (non-hydrogen) atoms. The number of aryl methyl sites for hydroxylation is 2. The Morgan fingerprint density at radius 3 is 1.04 bits per heavy atom. The lowest BCUT2D eigenvalue weighted by Crippen LogP contribution is -2.25. The molecule has 0 radical (unpaired) electrons. The average molecular weight is 1180 g/mol. The quantitative estimate of drug-likeness (QED) is 0.0116. The number of ether oxygens (including phenoxy) is 1. The minimum absolute atomic E-state index is 0. The minimum Gasteiger partial charge on any atom is -0.726 e. The first-order valence-electron chi connectivity index (χ1n) is 21.9. The number of methoxy groups -OCH3 is 1. The Morgan fingerprint density at radius 1 is 0.481 bits per heavy atom. The highest BCUT2D eigenvalue weighted by atomic mass is 33.1. The third kappa shape index (κ3) is 39.4. The smallest absolute Gasteiger partial charge is 0.217 e. The van der Waals surface area contributed by atoms with Gasteiger partial charge in [-0.1, -0.05) is 65.5 Å². The molecule has 28 heteroatoms. The van der Waals surface area contributed by atoms with Crippen LogP contribution < -0.4 is 41.0 Å². The van der Waals surface area contributed by atoms with Gasteiger partial charge >= 0.3 is 0 Å². The summed E-state index contributed by atoms with van der Waals surface area (Å²) in [5.41, 5.74) is 17.6. The Balaban J connectivity index is 0. The van der Waals surface area contributed by atoms with Gasteiger partial charge < -0.3 is 35.9 Å². The lowest BCUT2D eigenvalue weighted by atomic mass is 10.3. The molecular formula is C49H74N13O9S6+. The second-order valence-electron chi connectivity index (χ2n) is 14.0. The number of aromatic amines is 1. The van der Waals surface area contributed by atoms with Gasteiger partial charge in [-0.25, -0.2) is 31.0 Å². The largest absolute Gasteiger partial charge is 0.726 e. The summed E-state index contributed by atoms with van der Waals surface area (Å²) in [6.07, 6.45) is 11.4. The van der Waals surface area contributed by atoms with Crippen LogP contribution in [-0.4, -0.2) is 96.5 Å². The molecule has 0 unspecified atom stereocenters. The maximum Gasteiger partial charge on any atom is 0.217 e. The molecule has 0 aliphatic heterocycles. The van der Waals surface area contributed by atoms with E-state index in [1.54, 1.807) is 28.7 Å². The van der Waals surface area contributed by atoms with E-state index >= 15 is 0 Å². The number of hydrogen-bond donors (Lipinski definition) is 4. The van der Waals surface area contributed by atoms with Crippen LogP contribution in [0.2, 0.25) is 0 Å². The fraction of sp³-hybridized carbons (Fsp3) is 0.327. The zero-order chi connectivity index (χ0) is 54.3. The molecule has 0 fully saturated rings. The molecule has 22 nitrogen and oxygen atoms in total. The predicted molar refractivity (Wildman–Crippen MR) is 315 cm³/mol. The number of benzene rings is 3. The van der Waals surface area contributed by atoms with E-state index < -0.39 is 20.8 Å². The Bertz CT molecular complexity index is 2690. The van der Waals surface area contributed by atoms with Gasteiger partial charge in [0.1, 0.15) is 19.8 Å². The van der Waals surface area contributed by atoms with Crippen LogP contribution in [0.1, 0.15) is 22.3 Å². The molecule has 6 rings (SSSR count). The highest BCUT2D eigenvalue weighted by molar-refractivity contribution is 8.77. The summed E-state index contributed by atoms with van der Waals surface area (Å²) >= 11 is 0. The van der Waals surface area contributed by atoms with Crippen molar-refractivity contribution >= 4 is 109 Å². The van der Waals surface area contributed by atoms with Crippen molar-refractivity contribution in [1.29, 1.82) is 0 Å². The molecule has 7 N–H and O–H groups in total. The molecule has 0 aliphatic rings. The summed E-state index contributed by atoms with van der Waals surface area (Å²) in [7, 11) is 5.70. The molecule has 0 atom stereocenters. The molecule has 0 amide bonds. The van der Waals surface area contributed by atoms with Gasteiger partial charge in [0, 0.05) is 97.0 Å². The third-order valence-corrected chi connectivity index (χ3v) is 14.0. The number of nitrogens with zero attached hydrogens (tertiary/aromatic N) is 8. The Labute approximate surface area is 471 Å². The van der Waals surface area contributed by atoms with E-state index in [1.807, 2.05) is 191 Å². The molecule has 3 heterocycles. The van der Waals surface area contributed by atoms with Crippen molar-refractivity contribution in [3.05, 3.63) is 146 Å². The second kappa shape index (κ2) is 44.4. The first-order valence-corrected chi connectivity index (χ1v) is 29.6. The predicted octanol–water partition coefficient (Wildman–Crippen LogP) is 10.4. The molecule has 0 bridgehead atoms. The molecule has 3 aromatic carbocycles. The van der Waals surface area contributed by atoms with E-state index in [1.165, 1.54) is 0 Å². The highest BCUT2D eigenvalue weighted by Crippen LogP contribution is 2.24. The number of azo groups is 3. The summed E-state index contributed by atoms with van der Waals surface area (Å²) in [6, 6.07) is 34.9. The van der Waals surface area contributed by atoms with Gasteiger partial charge in [0.25, 0.3) is 0 Å².